The lowest BCUT2D eigenvalue weighted by molar-refractivity contribution is 1.11. The first kappa shape index (κ1) is 937. The molecule has 0 spiro atoms. The molecule has 6 heavy (non-hydrogen) atoms. The Hall–Kier alpha value is -0.360. The van der Waals surface area contributed by atoms with E-state index in [0.29, 0.717) is 0 Å². The lowest BCUT2D eigenvalue weighted by Crippen LogP contribution is -0.482. The SMILES string of the molecule is F.F.F.F.N.N. The smallest absolute Gasteiger partial charge is 0.269 e. The van der Waals surface area contributed by atoms with Crippen molar-refractivity contribution in [2.75, 3.05) is 0 Å². The maximum atomic E-state index is 0. The van der Waals surface area contributed by atoms with Crippen molar-refractivity contribution in [2.24, 2.45) is 0 Å². The van der Waals surface area contributed by atoms with Crippen LogP contribution in [-0.4, -0.2) is 0 Å². The maximum absolute atomic E-state index is 0. The molecule has 0 aromatic heterocycles. The molecule has 48 valence electrons. The first-order chi connectivity index (χ1) is 0. The first-order valence-electron chi connectivity index (χ1n) is 0. The van der Waals surface area contributed by atoms with E-state index in [1.165, 1.54) is 0 Å². The highest BCUT2D eigenvalue weighted by atomic mass is 19.0. The molecule has 0 fully saturated rings. The van der Waals surface area contributed by atoms with Gasteiger partial charge in [0.15, 0.2) is 0 Å². The average molecular weight is 114 g/mol. The lowest BCUT2D eigenvalue weighted by atomic mass is 14.0. The van der Waals surface area contributed by atoms with Crippen molar-refractivity contribution in [3.05, 3.63) is 0 Å². The van der Waals surface area contributed by atoms with Crippen LogP contribution in [-0.2, 0) is 0 Å². The second-order valence-electron chi connectivity index (χ2n) is 0. The van der Waals surface area contributed by atoms with Crippen LogP contribution < -0.4 is 12.3 Å². The van der Waals surface area contributed by atoms with E-state index in [2.05, 4.69) is 0 Å². The molecule has 0 aliphatic rings. The van der Waals surface area contributed by atoms with Gasteiger partial charge in [0.1, 0.15) is 0 Å². The van der Waals surface area contributed by atoms with Crippen LogP contribution in [0.25, 0.3) is 0 Å². The second kappa shape index (κ2) is 474. The number of hydrogen-bond donors (Lipinski definition) is 2. The summed E-state index contributed by atoms with van der Waals surface area (Å²) >= 11 is 0. The van der Waals surface area contributed by atoms with Crippen molar-refractivity contribution >= 4 is 0 Å². The second-order valence-corrected chi connectivity index (χ2v) is 0. The minimum Gasteiger partial charge on any atom is -0.344 e. The largest absolute Gasteiger partial charge is 0.344 e. The summed E-state index contributed by atoms with van der Waals surface area (Å²) in [7, 11) is 0. The minimum atomic E-state index is 0. The third-order valence-electron chi connectivity index (χ3n) is 0. The number of halogens is 4. The molecule has 0 saturated carbocycles. The van der Waals surface area contributed by atoms with Crippen molar-refractivity contribution < 1.29 is 18.8 Å². The van der Waals surface area contributed by atoms with Crippen LogP contribution in [0.3, 0.4) is 0 Å². The molecule has 0 rings (SSSR count). The summed E-state index contributed by atoms with van der Waals surface area (Å²) in [6.07, 6.45) is 0. The van der Waals surface area contributed by atoms with Crippen LogP contribution in [0.15, 0.2) is 0 Å². The molecule has 0 aliphatic heterocycles. The third kappa shape index (κ3) is 196. The van der Waals surface area contributed by atoms with E-state index in [-0.39, 0.29) is 31.1 Å². The molecular weight excluding hydrogens is 104 g/mol. The van der Waals surface area contributed by atoms with Crippen LogP contribution in [0.1, 0.15) is 0 Å². The van der Waals surface area contributed by atoms with Gasteiger partial charge in [-0.25, -0.2) is 0 Å². The quantitative estimate of drug-likeness (QED) is 0.460. The van der Waals surface area contributed by atoms with Gasteiger partial charge in [-0.15, -0.1) is 0 Å². The predicted molar refractivity (Wildman–Crippen MR) is 20.1 cm³/mol. The van der Waals surface area contributed by atoms with Gasteiger partial charge in [0.25, 0.3) is 0 Å². The van der Waals surface area contributed by atoms with Gasteiger partial charge >= 0.3 is 0 Å². The van der Waals surface area contributed by atoms with E-state index in [4.69, 9.17) is 0 Å². The molecule has 0 aliphatic carbocycles. The fraction of sp³-hybridized carbons (Fsp3) is 0. The van der Waals surface area contributed by atoms with E-state index < -0.39 is 0 Å². The van der Waals surface area contributed by atoms with Crippen molar-refractivity contribution in [3.63, 3.8) is 0 Å². The molecule has 0 saturated heterocycles. The summed E-state index contributed by atoms with van der Waals surface area (Å²) in [5.41, 5.74) is 0. The van der Waals surface area contributed by atoms with Crippen molar-refractivity contribution in [1.82, 2.24) is 12.3 Å². The molecule has 6 heteroatoms. The summed E-state index contributed by atoms with van der Waals surface area (Å²) < 4.78 is 0. The zero-order chi connectivity index (χ0) is 0. The van der Waals surface area contributed by atoms with Gasteiger partial charge in [0.2, 0.25) is 0 Å². The zero-order valence-corrected chi connectivity index (χ0v) is 3.05. The van der Waals surface area contributed by atoms with E-state index in [0.717, 1.165) is 0 Å². The molecule has 0 atom stereocenters. The van der Waals surface area contributed by atoms with Crippen LogP contribution in [0.4, 0.5) is 18.8 Å². The van der Waals surface area contributed by atoms with Crippen LogP contribution in [0.5, 0.6) is 0 Å². The van der Waals surface area contributed by atoms with E-state index in [1.807, 2.05) is 0 Å². The van der Waals surface area contributed by atoms with E-state index >= 15 is 0 Å². The fourth-order valence-electron chi connectivity index (χ4n) is 0. The fourth-order valence-corrected chi connectivity index (χ4v) is 0. The Labute approximate surface area is 32.6 Å². The molecule has 0 heterocycles. The van der Waals surface area contributed by atoms with Crippen molar-refractivity contribution in [2.45, 2.75) is 0 Å². The van der Waals surface area contributed by atoms with Crippen molar-refractivity contribution in [1.29, 1.82) is 0 Å². The highest BCUT2D eigenvalue weighted by molar-refractivity contribution is 2.14. The summed E-state index contributed by atoms with van der Waals surface area (Å²) in [6.45, 7) is 0. The van der Waals surface area contributed by atoms with Gasteiger partial charge in [-0.3, -0.25) is 18.8 Å². The molecule has 0 unspecified atom stereocenters. The van der Waals surface area contributed by atoms with Gasteiger partial charge in [-0.2, -0.15) is 0 Å². The molecule has 0 radical (unpaired) electrons. The Morgan fingerprint density at radius 2 is 0.333 bits per heavy atom. The normalized spacial score (nSPS) is 0. The summed E-state index contributed by atoms with van der Waals surface area (Å²) in [6, 6.07) is 0. The molecule has 0 amide bonds. The highest BCUT2D eigenvalue weighted by Crippen LogP contribution is 0.423. The highest BCUT2D eigenvalue weighted by Gasteiger charge is -0.266. The Morgan fingerprint density at radius 1 is 0.333 bits per heavy atom. The van der Waals surface area contributed by atoms with Gasteiger partial charge in [-0.1, -0.05) is 0 Å². The topological polar surface area (TPSA) is 70.0 Å². The monoisotopic (exact) mass is 114 g/mol. The molecule has 0 aromatic carbocycles. The van der Waals surface area contributed by atoms with Crippen LogP contribution in [0, 0.1) is 0 Å². The Balaban J connectivity index is 0. The summed E-state index contributed by atoms with van der Waals surface area (Å²) in [4.78, 5) is 0. The van der Waals surface area contributed by atoms with Gasteiger partial charge < -0.3 is 12.3 Å². The number of hydrogen-bond acceptors (Lipinski definition) is 2. The third-order valence-corrected chi connectivity index (χ3v) is 0. The van der Waals surface area contributed by atoms with Gasteiger partial charge in [-0.05, 0) is 0 Å². The standard InChI is InChI=1S/4FH.2H3N/h4*1H;2*1H3. The number of rotatable bonds is 0. The van der Waals surface area contributed by atoms with Gasteiger partial charge in [0, 0.05) is 0 Å². The summed E-state index contributed by atoms with van der Waals surface area (Å²) in [5.74, 6) is 0. The van der Waals surface area contributed by atoms with Crippen LogP contribution >= 0.6 is 0 Å². The molecular formula is H10F4N2. The predicted octanol–water partition coefficient (Wildman–Crippen LogP) is 0.934. The Morgan fingerprint density at radius 3 is 0.333 bits per heavy atom. The summed E-state index contributed by atoms with van der Waals surface area (Å²) in [5, 5.41) is 0. The van der Waals surface area contributed by atoms with Gasteiger partial charge in [0.05, 0.1) is 0 Å². The van der Waals surface area contributed by atoms with E-state index in [1.54, 1.807) is 0 Å². The maximum Gasteiger partial charge on any atom is -0.269 e. The Bertz CT molecular complexity index is 5.51. The molecule has 0 aromatic rings. The Kier molecular flexibility index (Phi) is 74100. The minimum absolute atomic E-state index is 0. The van der Waals surface area contributed by atoms with Crippen molar-refractivity contribution in [3.8, 4) is 0 Å². The molecule has 0 bridgehead atoms. The molecule has 6 N–H and O–H groups in total. The van der Waals surface area contributed by atoms with E-state index in [9.17, 15) is 0 Å². The van der Waals surface area contributed by atoms with Crippen LogP contribution in [0.2, 0.25) is 0 Å². The first-order valence-corrected chi connectivity index (χ1v) is 0. The lowest BCUT2D eigenvalue weighted by Gasteiger charge is -0.345. The average Bonchev–Trinajstić information content (AvgIpc) is 0. The zero-order valence-electron chi connectivity index (χ0n) is 3.05. The molecule has 2 nitrogen and oxygen atoms in total.